The lowest BCUT2D eigenvalue weighted by atomic mass is 10.0. The highest BCUT2D eigenvalue weighted by Crippen LogP contribution is 2.15. The van der Waals surface area contributed by atoms with E-state index in [-0.39, 0.29) is 12.5 Å². The predicted molar refractivity (Wildman–Crippen MR) is 193 cm³/mol. The molecule has 0 heterocycles. The van der Waals surface area contributed by atoms with Crippen molar-refractivity contribution < 1.29 is 15.0 Å². The first-order chi connectivity index (χ1) is 21.7. The summed E-state index contributed by atoms with van der Waals surface area (Å²) in [6.07, 6.45) is 44.4. The minimum atomic E-state index is -0.832. The highest BCUT2D eigenvalue weighted by molar-refractivity contribution is 5.76. The van der Waals surface area contributed by atoms with E-state index >= 15 is 0 Å². The number of hydrogen-bond donors (Lipinski definition) is 3. The summed E-state index contributed by atoms with van der Waals surface area (Å²) in [6.45, 7) is 4.32. The van der Waals surface area contributed by atoms with E-state index in [0.717, 1.165) is 25.7 Å². The molecule has 3 N–H and O–H groups in total. The Bertz CT molecular complexity index is 593. The number of rotatable bonds is 36. The van der Waals surface area contributed by atoms with Crippen molar-refractivity contribution in [2.75, 3.05) is 6.61 Å². The normalized spacial score (nSPS) is 13.1. The third-order valence-corrected chi connectivity index (χ3v) is 9.27. The lowest BCUT2D eigenvalue weighted by Gasteiger charge is -2.20. The molecule has 0 aromatic carbocycles. The summed E-state index contributed by atoms with van der Waals surface area (Å²) in [4.78, 5) is 12.3. The molecule has 0 aliphatic rings. The molecule has 4 nitrogen and oxygen atoms in total. The molecule has 0 aliphatic heterocycles. The number of carbonyl (C=O) groups is 1. The fraction of sp³-hybridized carbons (Fsp3) is 0.925. The van der Waals surface area contributed by atoms with Gasteiger partial charge in [0.25, 0.3) is 0 Å². The highest BCUT2D eigenvalue weighted by atomic mass is 16.3. The Morgan fingerprint density at radius 1 is 0.523 bits per heavy atom. The Hall–Kier alpha value is -0.870. The van der Waals surface area contributed by atoms with Gasteiger partial charge in [-0.3, -0.25) is 4.79 Å². The summed E-state index contributed by atoms with van der Waals surface area (Å²) < 4.78 is 0. The van der Waals surface area contributed by atoms with Crippen LogP contribution in [0.2, 0.25) is 0 Å². The van der Waals surface area contributed by atoms with Crippen LogP contribution in [0.25, 0.3) is 0 Å². The molecule has 2 unspecified atom stereocenters. The van der Waals surface area contributed by atoms with Gasteiger partial charge in [-0.15, -0.1) is 0 Å². The number of nitrogens with one attached hydrogen (secondary N) is 1. The molecule has 0 bridgehead atoms. The van der Waals surface area contributed by atoms with E-state index < -0.39 is 12.1 Å². The average molecular weight is 622 g/mol. The lowest BCUT2D eigenvalue weighted by Crippen LogP contribution is -2.45. The highest BCUT2D eigenvalue weighted by Gasteiger charge is 2.17. The smallest absolute Gasteiger partial charge is 0.220 e. The number of carbonyl (C=O) groups excluding carboxylic acids is 1. The Morgan fingerprint density at radius 2 is 0.841 bits per heavy atom. The van der Waals surface area contributed by atoms with Gasteiger partial charge in [0.05, 0.1) is 18.8 Å². The number of hydrogen-bond acceptors (Lipinski definition) is 3. The Balaban J connectivity index is 3.57. The van der Waals surface area contributed by atoms with Crippen LogP contribution in [-0.2, 0) is 4.79 Å². The number of aliphatic hydroxyl groups is 2. The van der Waals surface area contributed by atoms with Gasteiger partial charge in [0, 0.05) is 6.42 Å². The molecule has 0 radical (unpaired) electrons. The zero-order valence-electron chi connectivity index (χ0n) is 29.9. The van der Waals surface area contributed by atoms with Crippen LogP contribution in [0.1, 0.15) is 219 Å². The maximum absolute atomic E-state index is 12.3. The van der Waals surface area contributed by atoms with Crippen molar-refractivity contribution in [2.45, 2.75) is 231 Å². The second-order valence-electron chi connectivity index (χ2n) is 13.7. The van der Waals surface area contributed by atoms with Gasteiger partial charge < -0.3 is 15.5 Å². The topological polar surface area (TPSA) is 69.6 Å². The summed E-state index contributed by atoms with van der Waals surface area (Å²) in [5.74, 6) is -0.0615. The molecule has 1 amide bonds. The first kappa shape index (κ1) is 43.1. The molecule has 0 spiro atoms. The zero-order valence-corrected chi connectivity index (χ0v) is 29.9. The van der Waals surface area contributed by atoms with Crippen molar-refractivity contribution in [3.8, 4) is 0 Å². The van der Waals surface area contributed by atoms with Crippen LogP contribution in [0.5, 0.6) is 0 Å². The van der Waals surface area contributed by atoms with Gasteiger partial charge >= 0.3 is 0 Å². The maximum atomic E-state index is 12.3. The van der Waals surface area contributed by atoms with E-state index in [1.165, 1.54) is 173 Å². The number of amides is 1. The van der Waals surface area contributed by atoms with Crippen LogP contribution in [-0.4, -0.2) is 34.9 Å². The fourth-order valence-corrected chi connectivity index (χ4v) is 6.18. The van der Waals surface area contributed by atoms with Crippen LogP contribution in [0, 0.1) is 0 Å². The third-order valence-electron chi connectivity index (χ3n) is 9.27. The monoisotopic (exact) mass is 622 g/mol. The molecular weight excluding hydrogens is 542 g/mol. The first-order valence-corrected chi connectivity index (χ1v) is 19.9. The quantitative estimate of drug-likeness (QED) is 0.0481. The van der Waals surface area contributed by atoms with E-state index in [2.05, 4.69) is 19.2 Å². The molecule has 4 heteroatoms. The molecule has 0 fully saturated rings. The summed E-state index contributed by atoms with van der Waals surface area (Å²) in [5, 5.41) is 22.9. The van der Waals surface area contributed by atoms with Crippen LogP contribution < -0.4 is 5.32 Å². The van der Waals surface area contributed by atoms with Gasteiger partial charge in [-0.1, -0.05) is 206 Å². The standard InChI is InChI=1S/C40H79NO3/c1-3-5-7-9-11-13-15-17-19-20-22-23-25-27-29-31-33-35-39(43)38(37-42)41-40(44)36-34-32-30-28-26-24-21-18-16-14-12-10-8-6-4-2/h33,35,38-39,42-43H,3-32,34,36-37H2,1-2H3,(H,41,44)/b35-33+. The summed E-state index contributed by atoms with van der Waals surface area (Å²) in [7, 11) is 0. The molecule has 0 rings (SSSR count). The Kier molecular flexibility index (Phi) is 35.9. The predicted octanol–water partition coefficient (Wildman–Crippen LogP) is 11.9. The van der Waals surface area contributed by atoms with Gasteiger partial charge in [-0.2, -0.15) is 0 Å². The maximum Gasteiger partial charge on any atom is 0.220 e. The SMILES string of the molecule is CCCCCCCCCCCCCCCCC/C=C/C(O)C(CO)NC(=O)CCCCCCCCCCCCCCCCC. The van der Waals surface area contributed by atoms with Crippen LogP contribution >= 0.6 is 0 Å². The van der Waals surface area contributed by atoms with E-state index in [9.17, 15) is 15.0 Å². The molecule has 0 aromatic rings. The summed E-state index contributed by atoms with van der Waals surface area (Å²) in [6, 6.07) is -0.615. The fourth-order valence-electron chi connectivity index (χ4n) is 6.18. The van der Waals surface area contributed by atoms with Crippen molar-refractivity contribution in [3.05, 3.63) is 12.2 Å². The van der Waals surface area contributed by atoms with E-state index in [1.807, 2.05) is 6.08 Å². The van der Waals surface area contributed by atoms with Crippen molar-refractivity contribution in [1.82, 2.24) is 5.32 Å². The first-order valence-electron chi connectivity index (χ1n) is 19.9. The van der Waals surface area contributed by atoms with Gasteiger partial charge in [0.2, 0.25) is 5.91 Å². The molecule has 44 heavy (non-hydrogen) atoms. The Labute approximate surface area is 276 Å². The van der Waals surface area contributed by atoms with E-state index in [4.69, 9.17) is 0 Å². The summed E-state index contributed by atoms with van der Waals surface area (Å²) >= 11 is 0. The van der Waals surface area contributed by atoms with Crippen LogP contribution in [0.15, 0.2) is 12.2 Å². The zero-order chi connectivity index (χ0) is 32.2. The molecule has 0 aliphatic carbocycles. The van der Waals surface area contributed by atoms with Crippen molar-refractivity contribution in [1.29, 1.82) is 0 Å². The number of aliphatic hydroxyl groups excluding tert-OH is 2. The van der Waals surface area contributed by atoms with Gasteiger partial charge in [-0.25, -0.2) is 0 Å². The van der Waals surface area contributed by atoms with Gasteiger partial charge in [0.1, 0.15) is 0 Å². The van der Waals surface area contributed by atoms with Crippen molar-refractivity contribution in [3.63, 3.8) is 0 Å². The van der Waals surface area contributed by atoms with Crippen LogP contribution in [0.4, 0.5) is 0 Å². The van der Waals surface area contributed by atoms with Gasteiger partial charge in [0.15, 0.2) is 0 Å². The Morgan fingerprint density at radius 3 is 1.18 bits per heavy atom. The average Bonchev–Trinajstić information content (AvgIpc) is 3.03. The molecule has 262 valence electrons. The number of allylic oxidation sites excluding steroid dienone is 1. The lowest BCUT2D eigenvalue weighted by molar-refractivity contribution is -0.123. The van der Waals surface area contributed by atoms with Gasteiger partial charge in [-0.05, 0) is 19.3 Å². The minimum Gasteiger partial charge on any atom is -0.394 e. The van der Waals surface area contributed by atoms with E-state index in [0.29, 0.717) is 6.42 Å². The third kappa shape index (κ3) is 32.5. The molecule has 0 aromatic heterocycles. The van der Waals surface area contributed by atoms with Crippen molar-refractivity contribution >= 4 is 5.91 Å². The largest absolute Gasteiger partial charge is 0.394 e. The molecular formula is C40H79NO3. The molecule has 2 atom stereocenters. The molecule has 0 saturated carbocycles. The van der Waals surface area contributed by atoms with Crippen LogP contribution in [0.3, 0.4) is 0 Å². The molecule has 0 saturated heterocycles. The summed E-state index contributed by atoms with van der Waals surface area (Å²) in [5.41, 5.74) is 0. The minimum absolute atomic E-state index is 0.0615. The second-order valence-corrected chi connectivity index (χ2v) is 13.7. The second kappa shape index (κ2) is 36.6. The number of unbranched alkanes of at least 4 members (excludes halogenated alkanes) is 29. The van der Waals surface area contributed by atoms with Crippen molar-refractivity contribution in [2.24, 2.45) is 0 Å². The van der Waals surface area contributed by atoms with E-state index in [1.54, 1.807) is 6.08 Å².